The van der Waals surface area contributed by atoms with Gasteiger partial charge in [-0.15, -0.1) is 0 Å². The van der Waals surface area contributed by atoms with E-state index in [1.807, 2.05) is 12.1 Å². The first-order valence-electron chi connectivity index (χ1n) is 6.89. The van der Waals surface area contributed by atoms with Crippen LogP contribution in [0, 0.1) is 0 Å². The highest BCUT2D eigenvalue weighted by atomic mass is 16.2. The number of hydrazine groups is 2. The number of aromatic nitrogens is 1. The number of nitrogens with one attached hydrogen (secondary N) is 4. The van der Waals surface area contributed by atoms with Gasteiger partial charge in [0, 0.05) is 31.3 Å². The van der Waals surface area contributed by atoms with Crippen LogP contribution in [0.2, 0.25) is 0 Å². The normalized spacial score (nSPS) is 18.5. The smallest absolute Gasteiger partial charge is 0.239 e. The van der Waals surface area contributed by atoms with Crippen molar-refractivity contribution in [2.45, 2.75) is 19.0 Å². The SMILES string of the molecule is O=C(NCCCn1ccc2ccccc21)C1CNNN1. The van der Waals surface area contributed by atoms with Crippen LogP contribution in [0.15, 0.2) is 36.5 Å². The second-order valence-electron chi connectivity index (χ2n) is 4.92. The van der Waals surface area contributed by atoms with Crippen molar-refractivity contribution >= 4 is 16.8 Å². The van der Waals surface area contributed by atoms with Gasteiger partial charge in [0.15, 0.2) is 0 Å². The number of para-hydroxylation sites is 1. The van der Waals surface area contributed by atoms with Crippen LogP contribution in [0.3, 0.4) is 0 Å². The maximum Gasteiger partial charge on any atom is 0.239 e. The van der Waals surface area contributed by atoms with Crippen LogP contribution in [-0.4, -0.2) is 29.6 Å². The van der Waals surface area contributed by atoms with Crippen molar-refractivity contribution in [2.75, 3.05) is 13.1 Å². The first-order valence-corrected chi connectivity index (χ1v) is 6.89. The zero-order valence-corrected chi connectivity index (χ0v) is 11.2. The summed E-state index contributed by atoms with van der Waals surface area (Å²) in [6.45, 7) is 2.19. The molecule has 1 aliphatic heterocycles. The molecule has 0 radical (unpaired) electrons. The second kappa shape index (κ2) is 6.04. The lowest BCUT2D eigenvalue weighted by atomic mass is 10.2. The lowest BCUT2D eigenvalue weighted by Crippen LogP contribution is -2.44. The summed E-state index contributed by atoms with van der Waals surface area (Å²) >= 11 is 0. The molecule has 1 aromatic carbocycles. The highest BCUT2D eigenvalue weighted by Gasteiger charge is 2.20. The molecular formula is C14H19N5O. The maximum absolute atomic E-state index is 11.8. The van der Waals surface area contributed by atoms with Gasteiger partial charge in [0.1, 0.15) is 6.04 Å². The molecular weight excluding hydrogens is 254 g/mol. The number of rotatable bonds is 5. The highest BCUT2D eigenvalue weighted by molar-refractivity contribution is 5.82. The monoisotopic (exact) mass is 273 g/mol. The van der Waals surface area contributed by atoms with E-state index in [2.05, 4.69) is 50.7 Å². The molecule has 0 spiro atoms. The number of aryl methyl sites for hydroxylation is 1. The molecule has 1 saturated heterocycles. The van der Waals surface area contributed by atoms with Gasteiger partial charge >= 0.3 is 0 Å². The Morgan fingerprint density at radius 3 is 3.10 bits per heavy atom. The third kappa shape index (κ3) is 2.82. The van der Waals surface area contributed by atoms with Crippen molar-refractivity contribution in [3.05, 3.63) is 36.5 Å². The van der Waals surface area contributed by atoms with E-state index in [0.29, 0.717) is 13.1 Å². The van der Waals surface area contributed by atoms with E-state index < -0.39 is 0 Å². The lowest BCUT2D eigenvalue weighted by Gasteiger charge is -2.10. The molecule has 0 saturated carbocycles. The average molecular weight is 273 g/mol. The average Bonchev–Trinajstić information content (AvgIpc) is 3.13. The molecule has 0 aliphatic carbocycles. The zero-order valence-electron chi connectivity index (χ0n) is 11.2. The molecule has 106 valence electrons. The molecule has 1 amide bonds. The largest absolute Gasteiger partial charge is 0.355 e. The van der Waals surface area contributed by atoms with Gasteiger partial charge in [-0.05, 0) is 23.9 Å². The van der Waals surface area contributed by atoms with Crippen molar-refractivity contribution in [2.24, 2.45) is 0 Å². The summed E-state index contributed by atoms with van der Waals surface area (Å²) in [6.07, 6.45) is 3.01. The predicted octanol–water partition coefficient (Wildman–Crippen LogP) is 0.129. The molecule has 1 aliphatic rings. The van der Waals surface area contributed by atoms with E-state index >= 15 is 0 Å². The molecule has 4 N–H and O–H groups in total. The molecule has 1 aromatic heterocycles. The number of hydrogen-bond acceptors (Lipinski definition) is 4. The fourth-order valence-corrected chi connectivity index (χ4v) is 2.42. The van der Waals surface area contributed by atoms with Crippen molar-refractivity contribution in [3.8, 4) is 0 Å². The van der Waals surface area contributed by atoms with E-state index in [-0.39, 0.29) is 11.9 Å². The summed E-state index contributed by atoms with van der Waals surface area (Å²) < 4.78 is 2.22. The molecule has 0 bridgehead atoms. The van der Waals surface area contributed by atoms with Crippen LogP contribution in [0.25, 0.3) is 10.9 Å². The van der Waals surface area contributed by atoms with Crippen molar-refractivity contribution < 1.29 is 4.79 Å². The Bertz CT molecular complexity index is 588. The van der Waals surface area contributed by atoms with Crippen LogP contribution in [0.5, 0.6) is 0 Å². The number of amides is 1. The minimum atomic E-state index is -0.192. The van der Waals surface area contributed by atoms with E-state index in [1.54, 1.807) is 0 Å². The Morgan fingerprint density at radius 1 is 1.35 bits per heavy atom. The molecule has 1 fully saturated rings. The number of carbonyl (C=O) groups excluding carboxylic acids is 1. The zero-order chi connectivity index (χ0) is 13.8. The van der Waals surface area contributed by atoms with Gasteiger partial charge in [0.25, 0.3) is 0 Å². The van der Waals surface area contributed by atoms with Crippen molar-refractivity contribution in [3.63, 3.8) is 0 Å². The van der Waals surface area contributed by atoms with E-state index in [1.165, 1.54) is 10.9 Å². The summed E-state index contributed by atoms with van der Waals surface area (Å²) in [5.74, 6) is 0.0277. The maximum atomic E-state index is 11.8. The molecule has 2 aromatic rings. The van der Waals surface area contributed by atoms with Crippen LogP contribution in [0.4, 0.5) is 0 Å². The fourth-order valence-electron chi connectivity index (χ4n) is 2.42. The van der Waals surface area contributed by atoms with Crippen LogP contribution < -0.4 is 21.7 Å². The van der Waals surface area contributed by atoms with Gasteiger partial charge < -0.3 is 9.88 Å². The van der Waals surface area contributed by atoms with Gasteiger partial charge in [0.2, 0.25) is 5.91 Å². The lowest BCUT2D eigenvalue weighted by molar-refractivity contribution is -0.122. The van der Waals surface area contributed by atoms with Crippen LogP contribution >= 0.6 is 0 Å². The Hall–Kier alpha value is -1.89. The Kier molecular flexibility index (Phi) is 3.96. The molecule has 3 rings (SSSR count). The highest BCUT2D eigenvalue weighted by Crippen LogP contribution is 2.15. The van der Waals surface area contributed by atoms with Gasteiger partial charge in [0.05, 0.1) is 0 Å². The first-order chi connectivity index (χ1) is 9.84. The second-order valence-corrected chi connectivity index (χ2v) is 4.92. The van der Waals surface area contributed by atoms with Crippen LogP contribution in [-0.2, 0) is 11.3 Å². The molecule has 1 atom stereocenters. The topological polar surface area (TPSA) is 70.1 Å². The quantitative estimate of drug-likeness (QED) is 0.585. The Balaban J connectivity index is 1.47. The first kappa shape index (κ1) is 13.1. The summed E-state index contributed by atoms with van der Waals surface area (Å²) in [6, 6.07) is 10.2. The van der Waals surface area contributed by atoms with E-state index in [0.717, 1.165) is 13.0 Å². The number of benzene rings is 1. The third-order valence-corrected chi connectivity index (χ3v) is 3.51. The number of nitrogens with zero attached hydrogens (tertiary/aromatic N) is 1. The molecule has 2 heterocycles. The summed E-state index contributed by atoms with van der Waals surface area (Å²) in [4.78, 5) is 11.8. The van der Waals surface area contributed by atoms with Crippen molar-refractivity contribution in [1.82, 2.24) is 26.3 Å². The van der Waals surface area contributed by atoms with Gasteiger partial charge in [-0.2, -0.15) is 5.53 Å². The number of carbonyl (C=O) groups is 1. The molecule has 6 heteroatoms. The van der Waals surface area contributed by atoms with E-state index in [4.69, 9.17) is 0 Å². The summed E-state index contributed by atoms with van der Waals surface area (Å²) in [5.41, 5.74) is 9.68. The summed E-state index contributed by atoms with van der Waals surface area (Å²) in [5, 5.41) is 4.19. The molecule has 1 unspecified atom stereocenters. The molecule has 6 nitrogen and oxygen atoms in total. The third-order valence-electron chi connectivity index (χ3n) is 3.51. The summed E-state index contributed by atoms with van der Waals surface area (Å²) in [7, 11) is 0. The Labute approximate surface area is 117 Å². The minimum Gasteiger partial charge on any atom is -0.355 e. The standard InChI is InChI=1S/C14H19N5O/c20-14(12-10-16-18-17-12)15-7-3-8-19-9-6-11-4-1-2-5-13(11)19/h1-2,4-6,9,12,16-18H,3,7-8,10H2,(H,15,20). The van der Waals surface area contributed by atoms with Crippen molar-refractivity contribution in [1.29, 1.82) is 0 Å². The van der Waals surface area contributed by atoms with Crippen LogP contribution in [0.1, 0.15) is 6.42 Å². The predicted molar refractivity (Wildman–Crippen MR) is 77.6 cm³/mol. The fraction of sp³-hybridized carbons (Fsp3) is 0.357. The molecule has 20 heavy (non-hydrogen) atoms. The van der Waals surface area contributed by atoms with Gasteiger partial charge in [-0.3, -0.25) is 4.79 Å². The van der Waals surface area contributed by atoms with E-state index in [9.17, 15) is 4.79 Å². The Morgan fingerprint density at radius 2 is 2.25 bits per heavy atom. The van der Waals surface area contributed by atoms with Gasteiger partial charge in [-0.25, -0.2) is 10.9 Å². The number of hydrogen-bond donors (Lipinski definition) is 4. The number of fused-ring (bicyclic) bond motifs is 1. The van der Waals surface area contributed by atoms with Gasteiger partial charge in [-0.1, -0.05) is 18.2 Å². The minimum absolute atomic E-state index is 0.0277.